The molecule has 2 unspecified atom stereocenters. The van der Waals surface area contributed by atoms with E-state index >= 15 is 0 Å². The van der Waals surface area contributed by atoms with Crippen LogP contribution in [-0.2, 0) is 0 Å². The zero-order valence-electron chi connectivity index (χ0n) is 11.5. The molecule has 18 heavy (non-hydrogen) atoms. The summed E-state index contributed by atoms with van der Waals surface area (Å²) in [4.78, 5) is 2.15. The zero-order chi connectivity index (χ0) is 13.5. The molecule has 0 bridgehead atoms. The second-order valence-corrected chi connectivity index (χ2v) is 5.75. The fourth-order valence-corrected chi connectivity index (χ4v) is 2.39. The van der Waals surface area contributed by atoms with Crippen molar-refractivity contribution in [3.05, 3.63) is 23.8 Å². The van der Waals surface area contributed by atoms with Crippen molar-refractivity contribution in [1.82, 2.24) is 0 Å². The molecule has 1 aromatic carbocycles. The number of likely N-dealkylation sites (N-methyl/N-ethyl adjacent to an activating group) is 1. The van der Waals surface area contributed by atoms with Crippen molar-refractivity contribution >= 4 is 5.69 Å². The molecule has 0 saturated heterocycles. The first-order valence-electron chi connectivity index (χ1n) is 6.28. The van der Waals surface area contributed by atoms with Crippen LogP contribution in [0.2, 0.25) is 0 Å². The molecule has 3 N–H and O–H groups in total. The van der Waals surface area contributed by atoms with Crippen LogP contribution >= 0.6 is 0 Å². The van der Waals surface area contributed by atoms with Crippen molar-refractivity contribution in [3.63, 3.8) is 0 Å². The predicted molar refractivity (Wildman–Crippen MR) is 73.0 cm³/mol. The van der Waals surface area contributed by atoms with Gasteiger partial charge in [0.2, 0.25) is 0 Å². The summed E-state index contributed by atoms with van der Waals surface area (Å²) >= 11 is 0. The molecule has 2 atom stereocenters. The molecular weight excluding hydrogens is 228 g/mol. The Labute approximate surface area is 108 Å². The zero-order valence-corrected chi connectivity index (χ0v) is 11.5. The van der Waals surface area contributed by atoms with Crippen LogP contribution in [0, 0.1) is 0 Å². The minimum Gasteiger partial charge on any atom is -0.484 e. The molecule has 2 rings (SSSR count). The van der Waals surface area contributed by atoms with Gasteiger partial charge in [-0.2, -0.15) is 0 Å². The van der Waals surface area contributed by atoms with Crippen molar-refractivity contribution in [3.8, 4) is 5.75 Å². The van der Waals surface area contributed by atoms with Gasteiger partial charge in [-0.15, -0.1) is 0 Å². The molecule has 0 radical (unpaired) electrons. The van der Waals surface area contributed by atoms with Crippen molar-refractivity contribution < 1.29 is 9.84 Å². The number of rotatable bonds is 2. The lowest BCUT2D eigenvalue weighted by Crippen LogP contribution is -2.45. The maximum Gasteiger partial charge on any atom is 0.143 e. The molecule has 0 spiro atoms. The lowest BCUT2D eigenvalue weighted by molar-refractivity contribution is 0.106. The van der Waals surface area contributed by atoms with Crippen LogP contribution in [-0.4, -0.2) is 30.3 Å². The van der Waals surface area contributed by atoms with Crippen LogP contribution in [0.4, 0.5) is 5.69 Å². The van der Waals surface area contributed by atoms with Gasteiger partial charge in [0.05, 0.1) is 18.3 Å². The Kier molecular flexibility index (Phi) is 3.25. The highest BCUT2D eigenvalue weighted by molar-refractivity contribution is 5.62. The van der Waals surface area contributed by atoms with Crippen LogP contribution < -0.4 is 15.4 Å². The van der Waals surface area contributed by atoms with Crippen LogP contribution in [0.3, 0.4) is 0 Å². The fraction of sp³-hybridized carbons (Fsp3) is 0.571. The van der Waals surface area contributed by atoms with Crippen molar-refractivity contribution in [1.29, 1.82) is 0 Å². The smallest absolute Gasteiger partial charge is 0.143 e. The first-order chi connectivity index (χ1) is 8.30. The van der Waals surface area contributed by atoms with Gasteiger partial charge >= 0.3 is 0 Å². The van der Waals surface area contributed by atoms with E-state index in [9.17, 15) is 5.11 Å². The Morgan fingerprint density at radius 3 is 2.72 bits per heavy atom. The summed E-state index contributed by atoms with van der Waals surface area (Å²) in [6.07, 6.45) is -0.640. The largest absolute Gasteiger partial charge is 0.484 e. The maximum atomic E-state index is 10.0. The van der Waals surface area contributed by atoms with Crippen LogP contribution in [0.5, 0.6) is 5.75 Å². The molecule has 1 aliphatic rings. The molecule has 0 fully saturated rings. The highest BCUT2D eigenvalue weighted by Crippen LogP contribution is 2.37. The van der Waals surface area contributed by atoms with Gasteiger partial charge in [-0.05, 0) is 38.5 Å². The van der Waals surface area contributed by atoms with Crippen molar-refractivity contribution in [2.45, 2.75) is 38.5 Å². The molecule has 1 aliphatic heterocycles. The molecule has 1 heterocycles. The quantitative estimate of drug-likeness (QED) is 0.838. The topological polar surface area (TPSA) is 58.7 Å². The molecular formula is C14H22N2O2. The van der Waals surface area contributed by atoms with Crippen molar-refractivity contribution in [2.75, 3.05) is 18.5 Å². The Morgan fingerprint density at radius 1 is 1.44 bits per heavy atom. The average Bonchev–Trinajstić information content (AvgIpc) is 2.26. The highest BCUT2D eigenvalue weighted by Gasteiger charge is 2.30. The Balaban J connectivity index is 2.36. The van der Waals surface area contributed by atoms with Gasteiger partial charge in [-0.1, -0.05) is 6.07 Å². The number of hydrogen-bond acceptors (Lipinski definition) is 4. The highest BCUT2D eigenvalue weighted by atomic mass is 16.5. The predicted octanol–water partition coefficient (Wildman–Crippen LogP) is 1.67. The number of hydrogen-bond donors (Lipinski definition) is 2. The van der Waals surface area contributed by atoms with E-state index in [0.717, 1.165) is 23.5 Å². The summed E-state index contributed by atoms with van der Waals surface area (Å²) in [6.45, 7) is 6.75. The van der Waals surface area contributed by atoms with E-state index in [0.29, 0.717) is 0 Å². The summed E-state index contributed by atoms with van der Waals surface area (Å²) in [5, 5.41) is 10.0. The van der Waals surface area contributed by atoms with E-state index in [1.54, 1.807) is 6.92 Å². The number of anilines is 1. The van der Waals surface area contributed by atoms with Gasteiger partial charge < -0.3 is 20.5 Å². The van der Waals surface area contributed by atoms with E-state index in [2.05, 4.69) is 18.7 Å². The van der Waals surface area contributed by atoms with E-state index in [1.807, 2.05) is 25.2 Å². The standard InChI is InChI=1S/C14H22N2O2/c1-9(15)13(17)10-5-6-12-11(7-10)16(4)8-14(2,3)18-12/h5-7,9,13,17H,8,15H2,1-4H3. The summed E-state index contributed by atoms with van der Waals surface area (Å²) < 4.78 is 5.93. The molecule has 0 saturated carbocycles. The maximum absolute atomic E-state index is 10.0. The molecule has 0 aliphatic carbocycles. The normalized spacial score (nSPS) is 20.9. The molecule has 4 nitrogen and oxygen atoms in total. The second kappa shape index (κ2) is 4.44. The monoisotopic (exact) mass is 250 g/mol. The minimum atomic E-state index is -0.640. The summed E-state index contributed by atoms with van der Waals surface area (Å²) in [5.74, 6) is 0.856. The molecule has 0 aromatic heterocycles. The minimum absolute atomic E-state index is 0.191. The number of fused-ring (bicyclic) bond motifs is 1. The lowest BCUT2D eigenvalue weighted by Gasteiger charge is -2.39. The lowest BCUT2D eigenvalue weighted by atomic mass is 10.0. The Morgan fingerprint density at radius 2 is 2.11 bits per heavy atom. The first-order valence-corrected chi connectivity index (χ1v) is 6.28. The Bertz CT molecular complexity index is 443. The summed E-state index contributed by atoms with van der Waals surface area (Å²) in [5.41, 5.74) is 7.37. The van der Waals surface area contributed by atoms with Crippen molar-refractivity contribution in [2.24, 2.45) is 5.73 Å². The number of nitrogens with zero attached hydrogens (tertiary/aromatic N) is 1. The first kappa shape index (κ1) is 13.2. The Hall–Kier alpha value is -1.26. The van der Waals surface area contributed by atoms with Gasteiger partial charge in [0, 0.05) is 13.1 Å². The number of ether oxygens (including phenoxy) is 1. The third kappa shape index (κ3) is 2.44. The van der Waals surface area contributed by atoms with E-state index < -0.39 is 6.10 Å². The van der Waals surface area contributed by atoms with Crippen LogP contribution in [0.15, 0.2) is 18.2 Å². The number of aliphatic hydroxyl groups excluding tert-OH is 1. The van der Waals surface area contributed by atoms with Gasteiger partial charge in [0.15, 0.2) is 0 Å². The number of benzene rings is 1. The van der Waals surface area contributed by atoms with E-state index in [1.165, 1.54) is 0 Å². The van der Waals surface area contributed by atoms with Gasteiger partial charge in [0.1, 0.15) is 11.4 Å². The molecule has 100 valence electrons. The number of aliphatic hydroxyl groups is 1. The summed E-state index contributed by atoms with van der Waals surface area (Å²) in [7, 11) is 2.03. The average molecular weight is 250 g/mol. The van der Waals surface area contributed by atoms with Crippen LogP contribution in [0.1, 0.15) is 32.4 Å². The van der Waals surface area contributed by atoms with Gasteiger partial charge in [-0.3, -0.25) is 0 Å². The van der Waals surface area contributed by atoms with Gasteiger partial charge in [-0.25, -0.2) is 0 Å². The molecule has 4 heteroatoms. The van der Waals surface area contributed by atoms with Crippen LogP contribution in [0.25, 0.3) is 0 Å². The van der Waals surface area contributed by atoms with E-state index in [-0.39, 0.29) is 11.6 Å². The number of nitrogens with two attached hydrogens (primary N) is 1. The third-order valence-electron chi connectivity index (χ3n) is 3.24. The SMILES string of the molecule is CC(N)C(O)c1ccc2c(c1)N(C)CC(C)(C)O2. The molecule has 1 aromatic rings. The molecule has 0 amide bonds. The fourth-order valence-electron chi connectivity index (χ4n) is 2.39. The summed E-state index contributed by atoms with van der Waals surface area (Å²) in [6, 6.07) is 5.46. The second-order valence-electron chi connectivity index (χ2n) is 5.75. The van der Waals surface area contributed by atoms with Gasteiger partial charge in [0.25, 0.3) is 0 Å². The third-order valence-corrected chi connectivity index (χ3v) is 3.24. The van der Waals surface area contributed by atoms with E-state index in [4.69, 9.17) is 10.5 Å².